The third kappa shape index (κ3) is 3.87. The van der Waals surface area contributed by atoms with Gasteiger partial charge >= 0.3 is 0 Å². The Morgan fingerprint density at radius 2 is 1.62 bits per heavy atom. The second-order valence-electron chi connectivity index (χ2n) is 7.37. The maximum atomic E-state index is 12.0. The Morgan fingerprint density at radius 1 is 0.885 bits per heavy atom. The lowest BCUT2D eigenvalue weighted by Gasteiger charge is -2.24. The van der Waals surface area contributed by atoms with Crippen LogP contribution in [0.25, 0.3) is 11.3 Å². The zero-order valence-electron chi connectivity index (χ0n) is 15.2. The van der Waals surface area contributed by atoms with E-state index < -0.39 is 0 Å². The van der Waals surface area contributed by atoms with Gasteiger partial charge in [0, 0.05) is 30.3 Å². The number of aromatic nitrogens is 2. The summed E-state index contributed by atoms with van der Waals surface area (Å²) in [5.74, 6) is 1.32. The second-order valence-corrected chi connectivity index (χ2v) is 7.37. The van der Waals surface area contributed by atoms with Crippen LogP contribution in [0.1, 0.15) is 44.9 Å². The van der Waals surface area contributed by atoms with Crippen molar-refractivity contribution in [1.82, 2.24) is 10.2 Å². The normalized spacial score (nSPS) is 18.1. The fraction of sp³-hybridized carbons (Fsp3) is 0.476. The SMILES string of the molecule is O=C(Nc1ccc(-c2ccc(N3CCCCCC3)nn2)cc1)C1CCC1. The zero-order chi connectivity index (χ0) is 17.8. The summed E-state index contributed by atoms with van der Waals surface area (Å²) >= 11 is 0. The summed E-state index contributed by atoms with van der Waals surface area (Å²) in [5, 5.41) is 11.9. The van der Waals surface area contributed by atoms with E-state index in [0.29, 0.717) is 0 Å². The predicted molar refractivity (Wildman–Crippen MR) is 104 cm³/mol. The first-order valence-electron chi connectivity index (χ1n) is 9.79. The molecule has 4 rings (SSSR count). The lowest BCUT2D eigenvalue weighted by molar-refractivity contribution is -0.122. The van der Waals surface area contributed by atoms with Crippen molar-refractivity contribution in [3.05, 3.63) is 36.4 Å². The molecule has 2 fully saturated rings. The first kappa shape index (κ1) is 17.0. The molecule has 2 aliphatic rings. The van der Waals surface area contributed by atoms with Crippen LogP contribution >= 0.6 is 0 Å². The van der Waals surface area contributed by atoms with Crippen LogP contribution in [0.5, 0.6) is 0 Å². The van der Waals surface area contributed by atoms with Crippen LogP contribution in [0, 0.1) is 5.92 Å². The fourth-order valence-corrected chi connectivity index (χ4v) is 3.59. The molecule has 0 atom stereocenters. The molecule has 1 aliphatic heterocycles. The quantitative estimate of drug-likeness (QED) is 0.895. The predicted octanol–water partition coefficient (Wildman–Crippen LogP) is 4.26. The highest BCUT2D eigenvalue weighted by molar-refractivity contribution is 5.93. The van der Waals surface area contributed by atoms with E-state index in [1.807, 2.05) is 30.3 Å². The van der Waals surface area contributed by atoms with Crippen molar-refractivity contribution in [2.75, 3.05) is 23.3 Å². The number of nitrogens with zero attached hydrogens (tertiary/aromatic N) is 3. The van der Waals surface area contributed by atoms with Crippen molar-refractivity contribution < 1.29 is 4.79 Å². The Balaban J connectivity index is 1.41. The molecular formula is C21H26N4O. The minimum Gasteiger partial charge on any atom is -0.355 e. The van der Waals surface area contributed by atoms with Gasteiger partial charge in [0.05, 0.1) is 5.69 Å². The molecule has 136 valence electrons. The minimum atomic E-state index is 0.144. The lowest BCUT2D eigenvalue weighted by atomic mass is 9.85. The molecule has 5 heteroatoms. The molecule has 0 unspecified atom stereocenters. The van der Waals surface area contributed by atoms with Crippen molar-refractivity contribution >= 4 is 17.4 Å². The molecule has 0 spiro atoms. The topological polar surface area (TPSA) is 58.1 Å². The maximum absolute atomic E-state index is 12.0. The van der Waals surface area contributed by atoms with Gasteiger partial charge in [-0.05, 0) is 49.9 Å². The number of nitrogens with one attached hydrogen (secondary N) is 1. The minimum absolute atomic E-state index is 0.144. The van der Waals surface area contributed by atoms with E-state index in [1.165, 1.54) is 32.1 Å². The first-order chi connectivity index (χ1) is 12.8. The summed E-state index contributed by atoms with van der Waals surface area (Å²) in [5.41, 5.74) is 2.72. The van der Waals surface area contributed by atoms with Crippen LogP contribution in [0.4, 0.5) is 11.5 Å². The molecule has 0 radical (unpaired) electrons. The monoisotopic (exact) mass is 350 g/mol. The third-order valence-electron chi connectivity index (χ3n) is 5.50. The summed E-state index contributed by atoms with van der Waals surface area (Å²) in [6.45, 7) is 2.15. The van der Waals surface area contributed by atoms with E-state index in [0.717, 1.165) is 48.7 Å². The van der Waals surface area contributed by atoms with E-state index in [9.17, 15) is 4.79 Å². The molecule has 26 heavy (non-hydrogen) atoms. The highest BCUT2D eigenvalue weighted by Gasteiger charge is 2.25. The van der Waals surface area contributed by atoms with Crippen molar-refractivity contribution in [1.29, 1.82) is 0 Å². The molecule has 0 bridgehead atoms. The van der Waals surface area contributed by atoms with E-state index in [2.05, 4.69) is 26.5 Å². The Bertz CT molecular complexity index is 730. The summed E-state index contributed by atoms with van der Waals surface area (Å²) in [7, 11) is 0. The highest BCUT2D eigenvalue weighted by Crippen LogP contribution is 2.28. The average Bonchev–Trinajstić information content (AvgIpc) is 2.90. The van der Waals surface area contributed by atoms with Gasteiger partial charge in [0.15, 0.2) is 5.82 Å². The fourth-order valence-electron chi connectivity index (χ4n) is 3.59. The molecule has 1 aromatic heterocycles. The van der Waals surface area contributed by atoms with Crippen LogP contribution in [-0.4, -0.2) is 29.2 Å². The van der Waals surface area contributed by atoms with Gasteiger partial charge in [0.2, 0.25) is 5.91 Å². The number of carbonyl (C=O) groups excluding carboxylic acids is 1. The number of rotatable bonds is 4. The molecule has 1 saturated carbocycles. The Hall–Kier alpha value is -2.43. The largest absolute Gasteiger partial charge is 0.355 e. The smallest absolute Gasteiger partial charge is 0.227 e. The molecule has 5 nitrogen and oxygen atoms in total. The Morgan fingerprint density at radius 3 is 2.19 bits per heavy atom. The van der Waals surface area contributed by atoms with Crippen LogP contribution in [-0.2, 0) is 4.79 Å². The summed E-state index contributed by atoms with van der Waals surface area (Å²) in [4.78, 5) is 14.4. The average molecular weight is 350 g/mol. The van der Waals surface area contributed by atoms with Gasteiger partial charge in [-0.2, -0.15) is 0 Å². The van der Waals surface area contributed by atoms with Gasteiger partial charge in [-0.1, -0.05) is 31.4 Å². The molecule has 1 aliphatic carbocycles. The number of amides is 1. The van der Waals surface area contributed by atoms with Crippen LogP contribution < -0.4 is 10.2 Å². The highest BCUT2D eigenvalue weighted by atomic mass is 16.1. The zero-order valence-corrected chi connectivity index (χ0v) is 15.2. The van der Waals surface area contributed by atoms with Crippen LogP contribution in [0.2, 0.25) is 0 Å². The maximum Gasteiger partial charge on any atom is 0.227 e. The standard InChI is InChI=1S/C21H26N4O/c26-21(17-6-5-7-17)22-18-10-8-16(9-11-18)19-12-13-20(24-23-19)25-14-3-1-2-4-15-25/h8-13,17H,1-7,14-15H2,(H,22,26). The van der Waals surface area contributed by atoms with Gasteiger partial charge in [0.25, 0.3) is 0 Å². The van der Waals surface area contributed by atoms with Gasteiger partial charge in [-0.25, -0.2) is 0 Å². The van der Waals surface area contributed by atoms with E-state index >= 15 is 0 Å². The number of carbonyl (C=O) groups is 1. The van der Waals surface area contributed by atoms with E-state index in [1.54, 1.807) is 0 Å². The molecule has 1 N–H and O–H groups in total. The number of anilines is 2. The molecule has 1 saturated heterocycles. The summed E-state index contributed by atoms with van der Waals surface area (Å²) in [6, 6.07) is 12.0. The third-order valence-corrected chi connectivity index (χ3v) is 5.50. The number of hydrogen-bond donors (Lipinski definition) is 1. The van der Waals surface area contributed by atoms with Crippen LogP contribution in [0.3, 0.4) is 0 Å². The number of benzene rings is 1. The molecule has 2 heterocycles. The van der Waals surface area contributed by atoms with Gasteiger partial charge in [0.1, 0.15) is 0 Å². The van der Waals surface area contributed by atoms with Crippen molar-refractivity contribution in [3.8, 4) is 11.3 Å². The lowest BCUT2D eigenvalue weighted by Crippen LogP contribution is -2.27. The van der Waals surface area contributed by atoms with Crippen molar-refractivity contribution in [2.45, 2.75) is 44.9 Å². The Labute approximate surface area is 154 Å². The Kier molecular flexibility index (Phi) is 5.14. The molecular weight excluding hydrogens is 324 g/mol. The van der Waals surface area contributed by atoms with Gasteiger partial charge in [-0.3, -0.25) is 4.79 Å². The van der Waals surface area contributed by atoms with Gasteiger partial charge < -0.3 is 10.2 Å². The number of hydrogen-bond acceptors (Lipinski definition) is 4. The van der Waals surface area contributed by atoms with E-state index in [-0.39, 0.29) is 11.8 Å². The van der Waals surface area contributed by atoms with Crippen molar-refractivity contribution in [3.63, 3.8) is 0 Å². The molecule has 2 aromatic rings. The summed E-state index contributed by atoms with van der Waals surface area (Å²) in [6.07, 6.45) is 8.29. The summed E-state index contributed by atoms with van der Waals surface area (Å²) < 4.78 is 0. The van der Waals surface area contributed by atoms with Gasteiger partial charge in [-0.15, -0.1) is 10.2 Å². The first-order valence-corrected chi connectivity index (χ1v) is 9.79. The second kappa shape index (κ2) is 7.85. The van der Waals surface area contributed by atoms with Crippen LogP contribution in [0.15, 0.2) is 36.4 Å². The molecule has 1 amide bonds. The molecule has 1 aromatic carbocycles. The van der Waals surface area contributed by atoms with Crippen molar-refractivity contribution in [2.24, 2.45) is 5.92 Å². The van der Waals surface area contributed by atoms with E-state index in [4.69, 9.17) is 0 Å².